The zero-order valence-corrected chi connectivity index (χ0v) is 12.8. The topological polar surface area (TPSA) is 38.0 Å². The lowest BCUT2D eigenvalue weighted by atomic mass is 9.95. The number of imidazole rings is 1. The van der Waals surface area contributed by atoms with Crippen LogP contribution in [0.25, 0.3) is 0 Å². The molecule has 0 spiro atoms. The van der Waals surface area contributed by atoms with Gasteiger partial charge in [0.2, 0.25) is 0 Å². The van der Waals surface area contributed by atoms with Crippen molar-refractivity contribution in [2.45, 2.75) is 32.4 Å². The van der Waals surface area contributed by atoms with Crippen LogP contribution in [0.15, 0.2) is 36.7 Å². The lowest BCUT2D eigenvalue weighted by Gasteiger charge is -2.24. The molecule has 1 heterocycles. The molecule has 1 aromatic heterocycles. The van der Waals surface area contributed by atoms with E-state index in [9.17, 15) is 5.11 Å². The molecule has 1 unspecified atom stereocenters. The van der Waals surface area contributed by atoms with Gasteiger partial charge in [-0.15, -0.1) is 0 Å². The highest BCUT2D eigenvalue weighted by Crippen LogP contribution is 2.28. The van der Waals surface area contributed by atoms with E-state index in [-0.39, 0.29) is 0 Å². The van der Waals surface area contributed by atoms with Gasteiger partial charge in [0, 0.05) is 22.5 Å². The van der Waals surface area contributed by atoms with Crippen LogP contribution in [0, 0.1) is 3.57 Å². The number of aryl methyl sites for hydroxylation is 1. The van der Waals surface area contributed by atoms with Crippen LogP contribution >= 0.6 is 22.6 Å². The third kappa shape index (κ3) is 2.59. The van der Waals surface area contributed by atoms with Gasteiger partial charge in [-0.1, -0.05) is 19.1 Å². The zero-order valence-electron chi connectivity index (χ0n) is 10.6. The predicted octanol–water partition coefficient (Wildman–Crippen LogP) is 3.15. The van der Waals surface area contributed by atoms with Crippen molar-refractivity contribution >= 4 is 22.6 Å². The molecule has 3 nitrogen and oxygen atoms in total. The van der Waals surface area contributed by atoms with Gasteiger partial charge in [0.1, 0.15) is 11.4 Å². The van der Waals surface area contributed by atoms with Crippen LogP contribution in [0.2, 0.25) is 0 Å². The SMILES string of the molecule is CCCn1ccnc1C(C)(O)c1ccc(I)cc1. The lowest BCUT2D eigenvalue weighted by molar-refractivity contribution is 0.0879. The van der Waals surface area contributed by atoms with Gasteiger partial charge in [-0.25, -0.2) is 4.98 Å². The van der Waals surface area contributed by atoms with Crippen molar-refractivity contribution in [3.63, 3.8) is 0 Å². The molecule has 0 saturated heterocycles. The summed E-state index contributed by atoms with van der Waals surface area (Å²) < 4.78 is 3.17. The largest absolute Gasteiger partial charge is 0.377 e. The van der Waals surface area contributed by atoms with E-state index in [1.165, 1.54) is 0 Å². The molecule has 0 aliphatic heterocycles. The van der Waals surface area contributed by atoms with Crippen LogP contribution < -0.4 is 0 Å². The molecule has 1 atom stereocenters. The minimum Gasteiger partial charge on any atom is -0.377 e. The summed E-state index contributed by atoms with van der Waals surface area (Å²) in [5.41, 5.74) is -0.185. The van der Waals surface area contributed by atoms with Gasteiger partial charge in [-0.05, 0) is 53.6 Å². The summed E-state index contributed by atoms with van der Waals surface area (Å²) in [4.78, 5) is 4.32. The van der Waals surface area contributed by atoms with Crippen LogP contribution in [0.5, 0.6) is 0 Å². The Balaban J connectivity index is 2.40. The minimum absolute atomic E-state index is 0.700. The van der Waals surface area contributed by atoms with E-state index in [0.29, 0.717) is 5.82 Å². The Labute approximate surface area is 121 Å². The summed E-state index contributed by atoms with van der Waals surface area (Å²) in [5.74, 6) is 0.700. The van der Waals surface area contributed by atoms with Crippen molar-refractivity contribution < 1.29 is 5.11 Å². The average Bonchev–Trinajstić information content (AvgIpc) is 2.79. The number of nitrogens with zero attached hydrogens (tertiary/aromatic N) is 2. The van der Waals surface area contributed by atoms with E-state index in [2.05, 4.69) is 34.5 Å². The van der Waals surface area contributed by atoms with Gasteiger partial charge in [-0.2, -0.15) is 0 Å². The molecule has 0 fully saturated rings. The van der Waals surface area contributed by atoms with E-state index in [4.69, 9.17) is 0 Å². The first-order valence-corrected chi connectivity index (χ1v) is 7.13. The molecule has 0 aliphatic rings. The van der Waals surface area contributed by atoms with Crippen LogP contribution in [0.4, 0.5) is 0 Å². The molecule has 0 radical (unpaired) electrons. The van der Waals surface area contributed by atoms with Gasteiger partial charge in [0.15, 0.2) is 0 Å². The number of aliphatic hydroxyl groups is 1. The third-order valence-electron chi connectivity index (χ3n) is 3.02. The van der Waals surface area contributed by atoms with Crippen molar-refractivity contribution in [2.24, 2.45) is 0 Å². The number of halogens is 1. The van der Waals surface area contributed by atoms with Crippen molar-refractivity contribution in [3.8, 4) is 0 Å². The Morgan fingerprint density at radius 3 is 2.61 bits per heavy atom. The Kier molecular flexibility index (Phi) is 4.07. The van der Waals surface area contributed by atoms with E-state index in [1.54, 1.807) is 13.1 Å². The Morgan fingerprint density at radius 1 is 1.33 bits per heavy atom. The molecule has 2 aromatic rings. The monoisotopic (exact) mass is 356 g/mol. The van der Waals surface area contributed by atoms with Gasteiger partial charge < -0.3 is 9.67 Å². The highest BCUT2D eigenvalue weighted by atomic mass is 127. The molecule has 0 amide bonds. The molecule has 0 saturated carbocycles. The van der Waals surface area contributed by atoms with Crippen LogP contribution in [-0.2, 0) is 12.1 Å². The highest BCUT2D eigenvalue weighted by molar-refractivity contribution is 14.1. The second kappa shape index (κ2) is 5.40. The lowest BCUT2D eigenvalue weighted by Crippen LogP contribution is -2.27. The van der Waals surface area contributed by atoms with E-state index in [0.717, 1.165) is 22.1 Å². The summed E-state index contributed by atoms with van der Waals surface area (Å²) >= 11 is 2.26. The molecular formula is C14H17IN2O. The van der Waals surface area contributed by atoms with E-state index < -0.39 is 5.60 Å². The number of hydrogen-bond acceptors (Lipinski definition) is 2. The van der Waals surface area contributed by atoms with Crippen LogP contribution in [0.1, 0.15) is 31.7 Å². The fourth-order valence-electron chi connectivity index (χ4n) is 2.06. The average molecular weight is 356 g/mol. The molecule has 0 bridgehead atoms. The molecule has 2 rings (SSSR count). The van der Waals surface area contributed by atoms with Crippen molar-refractivity contribution in [3.05, 3.63) is 51.6 Å². The molecule has 1 N–H and O–H groups in total. The summed E-state index contributed by atoms with van der Waals surface area (Å²) in [6, 6.07) is 7.90. The molecule has 4 heteroatoms. The van der Waals surface area contributed by atoms with Gasteiger partial charge in [0.05, 0.1) is 0 Å². The molecular weight excluding hydrogens is 339 g/mol. The predicted molar refractivity (Wildman–Crippen MR) is 80.3 cm³/mol. The maximum atomic E-state index is 10.8. The number of aromatic nitrogens is 2. The maximum Gasteiger partial charge on any atom is 0.145 e. The number of hydrogen-bond donors (Lipinski definition) is 1. The fourth-order valence-corrected chi connectivity index (χ4v) is 2.42. The van der Waals surface area contributed by atoms with Gasteiger partial charge >= 0.3 is 0 Å². The standard InChI is InChI=1S/C14H17IN2O/c1-3-9-17-10-8-16-13(17)14(2,18)11-4-6-12(15)7-5-11/h4-8,10,18H,3,9H2,1-2H3. The van der Waals surface area contributed by atoms with Crippen molar-refractivity contribution in [2.75, 3.05) is 0 Å². The first-order valence-electron chi connectivity index (χ1n) is 6.05. The summed E-state index contributed by atoms with van der Waals surface area (Å²) in [6.07, 6.45) is 4.68. The van der Waals surface area contributed by atoms with E-state index >= 15 is 0 Å². The van der Waals surface area contributed by atoms with Crippen molar-refractivity contribution in [1.29, 1.82) is 0 Å². The van der Waals surface area contributed by atoms with Crippen molar-refractivity contribution in [1.82, 2.24) is 9.55 Å². The Hall–Kier alpha value is -0.880. The third-order valence-corrected chi connectivity index (χ3v) is 3.74. The van der Waals surface area contributed by atoms with Gasteiger partial charge in [0.25, 0.3) is 0 Å². The fraction of sp³-hybridized carbons (Fsp3) is 0.357. The van der Waals surface area contributed by atoms with Crippen LogP contribution in [0.3, 0.4) is 0 Å². The quantitative estimate of drug-likeness (QED) is 0.855. The number of rotatable bonds is 4. The Bertz CT molecular complexity index is 517. The zero-order chi connectivity index (χ0) is 13.2. The second-order valence-corrected chi connectivity index (χ2v) is 5.77. The van der Waals surface area contributed by atoms with Crippen LogP contribution in [-0.4, -0.2) is 14.7 Å². The second-order valence-electron chi connectivity index (χ2n) is 4.52. The summed E-state index contributed by atoms with van der Waals surface area (Å²) in [5, 5.41) is 10.8. The molecule has 0 aliphatic carbocycles. The molecule has 96 valence electrons. The molecule has 1 aromatic carbocycles. The minimum atomic E-state index is -1.05. The number of benzene rings is 1. The summed E-state index contributed by atoms with van der Waals surface area (Å²) in [7, 11) is 0. The normalized spacial score (nSPS) is 14.4. The van der Waals surface area contributed by atoms with E-state index in [1.807, 2.05) is 35.0 Å². The maximum absolute atomic E-state index is 10.8. The summed E-state index contributed by atoms with van der Waals surface area (Å²) in [6.45, 7) is 4.78. The smallest absolute Gasteiger partial charge is 0.145 e. The van der Waals surface area contributed by atoms with Gasteiger partial charge in [-0.3, -0.25) is 0 Å². The first-order chi connectivity index (χ1) is 8.55. The molecule has 18 heavy (non-hydrogen) atoms. The first kappa shape index (κ1) is 13.5. The Morgan fingerprint density at radius 2 is 2.00 bits per heavy atom. The highest BCUT2D eigenvalue weighted by Gasteiger charge is 2.30.